The molecule has 6 heterocycles. The number of imidazole rings is 2. The van der Waals surface area contributed by atoms with Crippen molar-refractivity contribution in [3.63, 3.8) is 0 Å². The summed E-state index contributed by atoms with van der Waals surface area (Å²) in [4.78, 5) is 36.2. The van der Waals surface area contributed by atoms with Crippen LogP contribution in [-0.4, -0.2) is 52.0 Å². The summed E-state index contributed by atoms with van der Waals surface area (Å²) >= 11 is 0. The van der Waals surface area contributed by atoms with Crippen molar-refractivity contribution >= 4 is 33.6 Å². The minimum Gasteiger partial charge on any atom is -0.478 e. The highest BCUT2D eigenvalue weighted by molar-refractivity contribution is 5.80. The predicted molar refractivity (Wildman–Crippen MR) is 166 cm³/mol. The quantitative estimate of drug-likeness (QED) is 0.241. The molecule has 6 aromatic heterocycles. The lowest BCUT2D eigenvalue weighted by Crippen LogP contribution is -2.02. The Morgan fingerprint density at radius 1 is 0.705 bits per heavy atom. The molecule has 10 nitrogen and oxygen atoms in total. The van der Waals surface area contributed by atoms with Gasteiger partial charge < -0.3 is 9.72 Å². The number of fused-ring (bicyclic) bond motifs is 6. The van der Waals surface area contributed by atoms with Crippen molar-refractivity contribution in [2.75, 3.05) is 13.3 Å². The first-order valence-corrected chi connectivity index (χ1v) is 14.0. The van der Waals surface area contributed by atoms with Crippen LogP contribution in [0.15, 0.2) is 115 Å². The first kappa shape index (κ1) is 26.9. The Kier molecular flexibility index (Phi) is 7.17. The average molecular weight is 585 g/mol. The molecule has 0 radical (unpaired) electrons. The van der Waals surface area contributed by atoms with Gasteiger partial charge in [-0.3, -0.25) is 18.0 Å². The van der Waals surface area contributed by atoms with E-state index in [1.807, 2.05) is 87.9 Å². The van der Waals surface area contributed by atoms with Crippen molar-refractivity contribution in [2.45, 2.75) is 6.42 Å². The number of rotatable bonds is 6. The second kappa shape index (κ2) is 11.7. The molecule has 44 heavy (non-hydrogen) atoms. The molecule has 2 aromatic carbocycles. The van der Waals surface area contributed by atoms with Crippen molar-refractivity contribution in [1.82, 2.24) is 38.7 Å². The van der Waals surface area contributed by atoms with Gasteiger partial charge in [-0.05, 0) is 48.5 Å². The molecule has 8 rings (SSSR count). The monoisotopic (exact) mass is 584 g/mol. The molecule has 0 amide bonds. The molecule has 0 spiro atoms. The average Bonchev–Trinajstić information content (AvgIpc) is 3.63. The number of aromatic nitrogens is 8. The lowest BCUT2D eigenvalue weighted by atomic mass is 10.2. The van der Waals surface area contributed by atoms with Crippen LogP contribution in [0.5, 0.6) is 5.88 Å². The predicted octanol–water partition coefficient (Wildman–Crippen LogP) is 5.92. The summed E-state index contributed by atoms with van der Waals surface area (Å²) in [5, 5.41) is 0. The maximum Gasteiger partial charge on any atom is 0.247 e. The van der Waals surface area contributed by atoms with E-state index in [0.29, 0.717) is 30.5 Å². The smallest absolute Gasteiger partial charge is 0.247 e. The standard InChI is InChI=1S/C18H15FN4O.C15H10N4O/c19-9-3-11-24-17-7-6-13(12-20-17)14-8-10-23-16-5-2-1-4-15(16)22-18(23)21-14;20-14-6-5-10(9-16-14)11-7-8-19-13-4-2-1-3-12(13)18-15(19)17-11/h1-2,4-8,10,12H,3,9,11H2;1-9H,(H,16,20). The fraction of sp³-hybridized carbons (Fsp3) is 0.0909. The van der Waals surface area contributed by atoms with Gasteiger partial charge in [0.15, 0.2) is 0 Å². The molecule has 0 saturated carbocycles. The molecule has 11 heteroatoms. The van der Waals surface area contributed by atoms with Crippen LogP contribution in [0.1, 0.15) is 6.42 Å². The zero-order valence-corrected chi connectivity index (χ0v) is 23.3. The zero-order chi connectivity index (χ0) is 29.9. The maximum absolute atomic E-state index is 12.1. The van der Waals surface area contributed by atoms with Crippen LogP contribution in [0.2, 0.25) is 0 Å². The van der Waals surface area contributed by atoms with E-state index in [-0.39, 0.29) is 12.2 Å². The van der Waals surface area contributed by atoms with Crippen LogP contribution in [0, 0.1) is 0 Å². The number of H-pyrrole nitrogens is 1. The molecular formula is C33H25FN8O2. The van der Waals surface area contributed by atoms with Gasteiger partial charge in [0.2, 0.25) is 23.0 Å². The third-order valence-electron chi connectivity index (χ3n) is 7.00. The van der Waals surface area contributed by atoms with E-state index in [2.05, 4.69) is 29.9 Å². The Hall–Kier alpha value is -5.97. The van der Waals surface area contributed by atoms with Gasteiger partial charge in [0.1, 0.15) is 0 Å². The van der Waals surface area contributed by atoms with Crippen molar-refractivity contribution in [3.8, 4) is 28.4 Å². The summed E-state index contributed by atoms with van der Waals surface area (Å²) in [6.07, 6.45) is 7.63. The molecule has 8 aromatic rings. The Morgan fingerprint density at radius 3 is 1.89 bits per heavy atom. The summed E-state index contributed by atoms with van der Waals surface area (Å²) in [5.74, 6) is 1.78. The summed E-state index contributed by atoms with van der Waals surface area (Å²) in [6, 6.07) is 26.6. The molecule has 1 N–H and O–H groups in total. The van der Waals surface area contributed by atoms with Crippen LogP contribution < -0.4 is 10.3 Å². The number of ether oxygens (including phenoxy) is 1. The molecule has 0 saturated heterocycles. The molecule has 0 atom stereocenters. The van der Waals surface area contributed by atoms with E-state index in [1.54, 1.807) is 24.5 Å². The summed E-state index contributed by atoms with van der Waals surface area (Å²) in [7, 11) is 0. The van der Waals surface area contributed by atoms with E-state index >= 15 is 0 Å². The van der Waals surface area contributed by atoms with Crippen molar-refractivity contribution in [3.05, 3.63) is 120 Å². The minimum atomic E-state index is -0.388. The first-order chi connectivity index (χ1) is 21.7. The topological polar surface area (TPSA) is 115 Å². The van der Waals surface area contributed by atoms with E-state index in [1.165, 1.54) is 6.07 Å². The van der Waals surface area contributed by atoms with Gasteiger partial charge in [-0.2, -0.15) is 0 Å². The molecule has 0 aliphatic rings. The second-order valence-electron chi connectivity index (χ2n) is 9.88. The molecule has 0 fully saturated rings. The van der Waals surface area contributed by atoms with Crippen molar-refractivity contribution in [2.24, 2.45) is 0 Å². The fourth-order valence-electron chi connectivity index (χ4n) is 4.84. The van der Waals surface area contributed by atoms with E-state index in [4.69, 9.17) is 4.74 Å². The minimum absolute atomic E-state index is 0.124. The number of nitrogens with zero attached hydrogens (tertiary/aromatic N) is 7. The van der Waals surface area contributed by atoms with Gasteiger partial charge >= 0.3 is 0 Å². The Morgan fingerprint density at radius 2 is 1.32 bits per heavy atom. The third kappa shape index (κ3) is 5.34. The van der Waals surface area contributed by atoms with Gasteiger partial charge in [0.25, 0.3) is 0 Å². The Balaban J connectivity index is 0.000000144. The van der Waals surface area contributed by atoms with Gasteiger partial charge in [0.05, 0.1) is 46.7 Å². The number of para-hydroxylation sites is 4. The summed E-state index contributed by atoms with van der Waals surface area (Å²) in [5.41, 5.74) is 7.08. The lowest BCUT2D eigenvalue weighted by Gasteiger charge is -2.05. The summed E-state index contributed by atoms with van der Waals surface area (Å²) < 4.78 is 21.3. The molecule has 0 aliphatic carbocycles. The molecule has 0 unspecified atom stereocenters. The highest BCUT2D eigenvalue weighted by Crippen LogP contribution is 2.22. The Bertz CT molecular complexity index is 2270. The van der Waals surface area contributed by atoms with Crippen LogP contribution in [0.4, 0.5) is 4.39 Å². The number of benzene rings is 2. The van der Waals surface area contributed by atoms with E-state index < -0.39 is 0 Å². The number of hydrogen-bond donors (Lipinski definition) is 1. The van der Waals surface area contributed by atoms with Crippen LogP contribution in [0.3, 0.4) is 0 Å². The van der Waals surface area contributed by atoms with Crippen LogP contribution >= 0.6 is 0 Å². The van der Waals surface area contributed by atoms with E-state index in [9.17, 15) is 9.18 Å². The van der Waals surface area contributed by atoms with Gasteiger partial charge in [-0.15, -0.1) is 0 Å². The van der Waals surface area contributed by atoms with E-state index in [0.717, 1.165) is 44.6 Å². The molecule has 0 aliphatic heterocycles. The van der Waals surface area contributed by atoms with Crippen molar-refractivity contribution < 1.29 is 9.13 Å². The number of aromatic amines is 1. The molecular weight excluding hydrogens is 559 g/mol. The number of nitrogens with one attached hydrogen (secondary N) is 1. The van der Waals surface area contributed by atoms with Gasteiger partial charge in [0, 0.05) is 54.5 Å². The maximum atomic E-state index is 12.1. The third-order valence-corrected chi connectivity index (χ3v) is 7.00. The number of alkyl halides is 1. The second-order valence-corrected chi connectivity index (χ2v) is 9.88. The highest BCUT2D eigenvalue weighted by Gasteiger charge is 2.09. The first-order valence-electron chi connectivity index (χ1n) is 14.0. The molecule has 216 valence electrons. The Labute approximate surface area is 249 Å². The number of pyridine rings is 2. The number of halogens is 1. The normalized spacial score (nSPS) is 11.2. The van der Waals surface area contributed by atoms with Gasteiger partial charge in [-0.25, -0.2) is 24.9 Å². The highest BCUT2D eigenvalue weighted by atomic mass is 19.1. The van der Waals surface area contributed by atoms with Crippen LogP contribution in [-0.2, 0) is 0 Å². The SMILES string of the molecule is FCCCOc1ccc(-c2ccn3c(n2)nc2ccccc23)cn1.O=c1ccc(-c2ccn3c(n2)nc2ccccc23)c[nH]1. The lowest BCUT2D eigenvalue weighted by molar-refractivity contribution is 0.280. The van der Waals surface area contributed by atoms with Gasteiger partial charge in [-0.1, -0.05) is 24.3 Å². The molecule has 0 bridgehead atoms. The number of hydrogen-bond acceptors (Lipinski definition) is 7. The summed E-state index contributed by atoms with van der Waals surface area (Å²) in [6.45, 7) is -0.0611. The van der Waals surface area contributed by atoms with Crippen molar-refractivity contribution in [1.29, 1.82) is 0 Å². The fourth-order valence-corrected chi connectivity index (χ4v) is 4.84. The van der Waals surface area contributed by atoms with Crippen LogP contribution in [0.25, 0.3) is 56.1 Å². The largest absolute Gasteiger partial charge is 0.478 e. The zero-order valence-electron chi connectivity index (χ0n) is 23.3.